The molecule has 1 aliphatic heterocycles. The fourth-order valence-corrected chi connectivity index (χ4v) is 6.99. The van der Waals surface area contributed by atoms with Crippen molar-refractivity contribution >= 4 is 11.9 Å². The van der Waals surface area contributed by atoms with Gasteiger partial charge in [0.1, 0.15) is 0 Å². The van der Waals surface area contributed by atoms with Crippen LogP contribution in [0.4, 0.5) is 5.69 Å². The molecule has 196 valence electrons. The molecule has 2 saturated carbocycles. The maximum atomic E-state index is 6.13. The summed E-state index contributed by atoms with van der Waals surface area (Å²) in [6.45, 7) is 8.49. The molecule has 4 heteroatoms. The number of nitrogens with two attached hydrogens (primary N) is 1. The highest BCUT2D eigenvalue weighted by Crippen LogP contribution is 2.36. The van der Waals surface area contributed by atoms with Gasteiger partial charge in [0.15, 0.2) is 0 Å². The summed E-state index contributed by atoms with van der Waals surface area (Å²) < 4.78 is 5.90. The quantitative estimate of drug-likeness (QED) is 0.355. The van der Waals surface area contributed by atoms with E-state index in [9.17, 15) is 0 Å². The van der Waals surface area contributed by atoms with Crippen molar-refractivity contribution in [2.24, 2.45) is 28.7 Å². The molecule has 1 aromatic rings. The van der Waals surface area contributed by atoms with Crippen LogP contribution in [0.1, 0.15) is 95.1 Å². The molecule has 0 aromatic heterocycles. The molecule has 4 nitrogen and oxygen atoms in total. The summed E-state index contributed by atoms with van der Waals surface area (Å²) >= 11 is 0. The number of likely N-dealkylation sites (tertiary alicyclic amines) is 1. The summed E-state index contributed by atoms with van der Waals surface area (Å²) in [5.74, 6) is 3.53. The first kappa shape index (κ1) is 26.7. The number of anilines is 1. The van der Waals surface area contributed by atoms with Crippen LogP contribution in [0.15, 0.2) is 23.2 Å². The van der Waals surface area contributed by atoms with E-state index in [1.54, 1.807) is 0 Å². The molecule has 0 bridgehead atoms. The topological polar surface area (TPSA) is 50.8 Å². The molecule has 3 fully saturated rings. The smallest absolute Gasteiger partial charge is 0.0574 e. The molecule has 3 unspecified atom stereocenters. The van der Waals surface area contributed by atoms with Crippen LogP contribution >= 0.6 is 0 Å². The number of hydrogen-bond acceptors (Lipinski definition) is 4. The van der Waals surface area contributed by atoms with Gasteiger partial charge in [-0.15, -0.1) is 0 Å². The van der Waals surface area contributed by atoms with Crippen LogP contribution in [0.5, 0.6) is 0 Å². The van der Waals surface area contributed by atoms with Crippen molar-refractivity contribution in [2.75, 3.05) is 32.5 Å². The zero-order chi connectivity index (χ0) is 24.6. The first-order valence-corrected chi connectivity index (χ1v) is 14.6. The Morgan fingerprint density at radius 1 is 0.971 bits per heavy atom. The van der Waals surface area contributed by atoms with E-state index in [0.29, 0.717) is 12.1 Å². The SMILES string of the molecule is COC1CCCC(C)CCC(C2CCN(CC3CCC(N=Cc4cc(C)ccc4N)CC3)CC2)C1. The zero-order valence-electron chi connectivity index (χ0n) is 22.8. The van der Waals surface area contributed by atoms with Crippen molar-refractivity contribution in [2.45, 2.75) is 103 Å². The van der Waals surface area contributed by atoms with Crippen LogP contribution in [0.25, 0.3) is 0 Å². The third-order valence-corrected chi connectivity index (χ3v) is 9.45. The standard InChI is InChI=1S/C31H51N3O/c1-23-5-4-6-30(35-3)20-27(11-7-23)26-15-17-34(18-16-26)22-25-9-12-29(13-10-25)33-21-28-19-24(2)8-14-31(28)32/h8,14,19,21,23,25-27,29-30H,4-7,9-13,15-18,20,22,32H2,1-3H3. The first-order chi connectivity index (χ1) is 17.0. The fourth-order valence-electron chi connectivity index (χ4n) is 6.99. The number of nitrogen functional groups attached to an aromatic ring is 1. The number of piperidine rings is 1. The van der Waals surface area contributed by atoms with E-state index in [4.69, 9.17) is 15.5 Å². The van der Waals surface area contributed by atoms with Gasteiger partial charge in [-0.2, -0.15) is 0 Å². The maximum Gasteiger partial charge on any atom is 0.0574 e. The summed E-state index contributed by atoms with van der Waals surface area (Å²) in [7, 11) is 1.93. The molecule has 3 atom stereocenters. The normalized spacial score (nSPS) is 32.3. The Kier molecular flexibility index (Phi) is 10.1. The second-order valence-corrected chi connectivity index (χ2v) is 12.2. The highest BCUT2D eigenvalue weighted by Gasteiger charge is 2.31. The van der Waals surface area contributed by atoms with Gasteiger partial charge in [0, 0.05) is 37.2 Å². The van der Waals surface area contributed by atoms with Crippen LogP contribution in [-0.4, -0.2) is 50.0 Å². The summed E-state index contributed by atoms with van der Waals surface area (Å²) in [5.41, 5.74) is 9.27. The predicted octanol–water partition coefficient (Wildman–Crippen LogP) is 6.89. The molecule has 3 aliphatic rings. The molecule has 0 spiro atoms. The van der Waals surface area contributed by atoms with Crippen LogP contribution in [0, 0.1) is 30.6 Å². The van der Waals surface area contributed by atoms with Crippen molar-refractivity contribution in [1.82, 2.24) is 4.90 Å². The Balaban J connectivity index is 1.19. The lowest BCUT2D eigenvalue weighted by Gasteiger charge is -2.39. The van der Waals surface area contributed by atoms with Crippen LogP contribution < -0.4 is 5.73 Å². The first-order valence-electron chi connectivity index (χ1n) is 14.6. The largest absolute Gasteiger partial charge is 0.398 e. The van der Waals surface area contributed by atoms with Crippen LogP contribution in [-0.2, 0) is 4.74 Å². The van der Waals surface area contributed by atoms with Crippen molar-refractivity contribution in [1.29, 1.82) is 0 Å². The van der Waals surface area contributed by atoms with E-state index < -0.39 is 0 Å². The summed E-state index contributed by atoms with van der Waals surface area (Å²) in [6.07, 6.45) is 18.5. The maximum absolute atomic E-state index is 6.13. The van der Waals surface area contributed by atoms with E-state index in [1.807, 2.05) is 19.4 Å². The van der Waals surface area contributed by atoms with Gasteiger partial charge in [0.2, 0.25) is 0 Å². The van der Waals surface area contributed by atoms with Gasteiger partial charge in [-0.3, -0.25) is 4.99 Å². The van der Waals surface area contributed by atoms with E-state index in [-0.39, 0.29) is 0 Å². The Morgan fingerprint density at radius 3 is 2.49 bits per heavy atom. The minimum Gasteiger partial charge on any atom is -0.398 e. The molecule has 35 heavy (non-hydrogen) atoms. The Labute approximate surface area is 215 Å². The lowest BCUT2D eigenvalue weighted by molar-refractivity contribution is 0.0469. The molecule has 1 heterocycles. The van der Waals surface area contributed by atoms with Crippen LogP contribution in [0.3, 0.4) is 0 Å². The average Bonchev–Trinajstić information content (AvgIpc) is 2.96. The zero-order valence-corrected chi connectivity index (χ0v) is 22.8. The van der Waals surface area contributed by atoms with Gasteiger partial charge in [-0.05, 0) is 114 Å². The van der Waals surface area contributed by atoms with E-state index in [2.05, 4.69) is 30.9 Å². The average molecular weight is 482 g/mol. The minimum absolute atomic E-state index is 0.469. The number of methoxy groups -OCH3 is 1. The van der Waals surface area contributed by atoms with Crippen molar-refractivity contribution in [3.05, 3.63) is 29.3 Å². The number of rotatable bonds is 6. The monoisotopic (exact) mass is 481 g/mol. The predicted molar refractivity (Wildman–Crippen MR) is 149 cm³/mol. The van der Waals surface area contributed by atoms with E-state index in [1.165, 1.54) is 102 Å². The van der Waals surface area contributed by atoms with Gasteiger partial charge < -0.3 is 15.4 Å². The number of ether oxygens (including phenoxy) is 1. The lowest BCUT2D eigenvalue weighted by Crippen LogP contribution is -2.40. The number of aliphatic imine (C=N–C) groups is 1. The molecule has 1 aromatic carbocycles. The number of aryl methyl sites for hydroxylation is 1. The number of hydrogen-bond donors (Lipinski definition) is 1. The highest BCUT2D eigenvalue weighted by atomic mass is 16.5. The van der Waals surface area contributed by atoms with Crippen molar-refractivity contribution in [3.63, 3.8) is 0 Å². The van der Waals surface area contributed by atoms with Gasteiger partial charge in [-0.1, -0.05) is 37.8 Å². The molecule has 2 N–H and O–H groups in total. The Bertz CT molecular complexity index is 792. The summed E-state index contributed by atoms with van der Waals surface area (Å²) in [4.78, 5) is 7.69. The highest BCUT2D eigenvalue weighted by molar-refractivity contribution is 5.87. The second kappa shape index (κ2) is 13.2. The lowest BCUT2D eigenvalue weighted by atomic mass is 9.77. The third-order valence-electron chi connectivity index (χ3n) is 9.45. The Hall–Kier alpha value is -1.39. The van der Waals surface area contributed by atoms with Crippen molar-refractivity contribution < 1.29 is 4.74 Å². The van der Waals surface area contributed by atoms with Gasteiger partial charge in [-0.25, -0.2) is 0 Å². The number of benzene rings is 1. The van der Waals surface area contributed by atoms with E-state index in [0.717, 1.165) is 34.9 Å². The van der Waals surface area contributed by atoms with Gasteiger partial charge in [0.05, 0.1) is 6.10 Å². The molecule has 1 saturated heterocycles. The molecule has 2 aliphatic carbocycles. The molecule has 0 radical (unpaired) electrons. The minimum atomic E-state index is 0.469. The Morgan fingerprint density at radius 2 is 1.74 bits per heavy atom. The molecule has 4 rings (SSSR count). The van der Waals surface area contributed by atoms with Gasteiger partial charge in [0.25, 0.3) is 0 Å². The summed E-state index contributed by atoms with van der Waals surface area (Å²) in [5, 5.41) is 0. The van der Waals surface area contributed by atoms with E-state index >= 15 is 0 Å². The molecule has 0 amide bonds. The summed E-state index contributed by atoms with van der Waals surface area (Å²) in [6, 6.07) is 6.67. The molecular formula is C31H51N3O. The second-order valence-electron chi connectivity index (χ2n) is 12.2. The van der Waals surface area contributed by atoms with Crippen molar-refractivity contribution in [3.8, 4) is 0 Å². The van der Waals surface area contributed by atoms with Gasteiger partial charge >= 0.3 is 0 Å². The fraction of sp³-hybridized carbons (Fsp3) is 0.774. The molecular weight excluding hydrogens is 430 g/mol. The number of nitrogens with zero attached hydrogens (tertiary/aromatic N) is 2. The van der Waals surface area contributed by atoms with Crippen LogP contribution in [0.2, 0.25) is 0 Å². The third kappa shape index (κ3) is 8.05.